The van der Waals surface area contributed by atoms with Crippen molar-refractivity contribution in [2.24, 2.45) is 0 Å². The van der Waals surface area contributed by atoms with Crippen molar-refractivity contribution in [2.75, 3.05) is 0 Å². The zero-order valence-electron chi connectivity index (χ0n) is 10.3. The molecule has 0 aliphatic carbocycles. The van der Waals surface area contributed by atoms with E-state index >= 15 is 0 Å². The lowest BCUT2D eigenvalue weighted by atomic mass is 10.2. The topological polar surface area (TPSA) is 79.3 Å². The van der Waals surface area contributed by atoms with Crippen LogP contribution in [0.1, 0.15) is 43.0 Å². The van der Waals surface area contributed by atoms with Crippen LogP contribution in [0.2, 0.25) is 0 Å². The number of thiophene rings is 1. The second-order valence-corrected chi connectivity index (χ2v) is 6.16. The molecule has 0 aliphatic heterocycles. The molecule has 100 valence electrons. The number of carbonyl (C=O) groups excluding carboxylic acids is 1. The molecule has 2 aromatic rings. The average molecular weight is 296 g/mol. The SMILES string of the molecule is Cc1ccc(C(C)NC(=O)c2nc(C(=O)O)cs2)s1. The summed E-state index contributed by atoms with van der Waals surface area (Å²) < 4.78 is 0. The fraction of sp³-hybridized carbons (Fsp3) is 0.250. The van der Waals surface area contributed by atoms with Crippen molar-refractivity contribution in [2.45, 2.75) is 19.9 Å². The number of nitrogens with one attached hydrogen (secondary N) is 1. The Balaban J connectivity index is 2.06. The van der Waals surface area contributed by atoms with Gasteiger partial charge in [-0.05, 0) is 26.0 Å². The highest BCUT2D eigenvalue weighted by molar-refractivity contribution is 7.12. The molecule has 2 rings (SSSR count). The van der Waals surface area contributed by atoms with E-state index in [1.165, 1.54) is 10.3 Å². The number of hydrogen-bond acceptors (Lipinski definition) is 5. The zero-order valence-corrected chi connectivity index (χ0v) is 12.0. The maximum atomic E-state index is 11.9. The van der Waals surface area contributed by atoms with E-state index in [1.807, 2.05) is 26.0 Å². The van der Waals surface area contributed by atoms with Crippen LogP contribution in [0.5, 0.6) is 0 Å². The summed E-state index contributed by atoms with van der Waals surface area (Å²) in [5.74, 6) is -1.48. The van der Waals surface area contributed by atoms with Gasteiger partial charge in [-0.1, -0.05) is 0 Å². The number of carboxylic acids is 1. The van der Waals surface area contributed by atoms with Gasteiger partial charge in [0.2, 0.25) is 0 Å². The van der Waals surface area contributed by atoms with Gasteiger partial charge in [-0.15, -0.1) is 22.7 Å². The summed E-state index contributed by atoms with van der Waals surface area (Å²) >= 11 is 2.65. The molecule has 0 saturated carbocycles. The summed E-state index contributed by atoms with van der Waals surface area (Å²) in [4.78, 5) is 28.6. The number of hydrogen-bond donors (Lipinski definition) is 2. The quantitative estimate of drug-likeness (QED) is 0.909. The van der Waals surface area contributed by atoms with Crippen molar-refractivity contribution >= 4 is 34.6 Å². The van der Waals surface area contributed by atoms with Crippen LogP contribution in [-0.4, -0.2) is 22.0 Å². The Bertz CT molecular complexity index is 618. The number of aromatic carboxylic acids is 1. The minimum atomic E-state index is -1.13. The third-order valence-corrected chi connectivity index (χ3v) is 4.48. The van der Waals surface area contributed by atoms with Crippen LogP contribution in [0.15, 0.2) is 17.5 Å². The van der Waals surface area contributed by atoms with Gasteiger partial charge < -0.3 is 10.4 Å². The van der Waals surface area contributed by atoms with Crippen LogP contribution in [0.4, 0.5) is 0 Å². The Morgan fingerprint density at radius 2 is 2.16 bits per heavy atom. The predicted molar refractivity (Wildman–Crippen MR) is 74.0 cm³/mol. The molecule has 19 heavy (non-hydrogen) atoms. The van der Waals surface area contributed by atoms with Crippen LogP contribution in [0.25, 0.3) is 0 Å². The molecule has 2 heterocycles. The van der Waals surface area contributed by atoms with E-state index in [0.717, 1.165) is 16.2 Å². The van der Waals surface area contributed by atoms with Crippen LogP contribution in [0.3, 0.4) is 0 Å². The van der Waals surface area contributed by atoms with E-state index in [9.17, 15) is 9.59 Å². The Kier molecular flexibility index (Phi) is 3.96. The number of carbonyl (C=O) groups is 2. The predicted octanol–water partition coefficient (Wildman–Crippen LogP) is 2.70. The number of thiazole rings is 1. The van der Waals surface area contributed by atoms with Gasteiger partial charge in [0.25, 0.3) is 5.91 Å². The van der Waals surface area contributed by atoms with Gasteiger partial charge in [0.15, 0.2) is 10.7 Å². The lowest BCUT2D eigenvalue weighted by molar-refractivity contribution is 0.0691. The molecule has 0 radical (unpaired) electrons. The Morgan fingerprint density at radius 3 is 2.68 bits per heavy atom. The fourth-order valence-electron chi connectivity index (χ4n) is 1.49. The van der Waals surface area contributed by atoms with Crippen molar-refractivity contribution < 1.29 is 14.7 Å². The van der Waals surface area contributed by atoms with Crippen LogP contribution >= 0.6 is 22.7 Å². The summed E-state index contributed by atoms with van der Waals surface area (Å²) in [5, 5.41) is 13.1. The number of amides is 1. The molecule has 1 amide bonds. The first kappa shape index (κ1) is 13.7. The first-order chi connectivity index (χ1) is 8.97. The number of aryl methyl sites for hydroxylation is 1. The van der Waals surface area contributed by atoms with E-state index in [4.69, 9.17) is 5.11 Å². The van der Waals surface area contributed by atoms with E-state index in [1.54, 1.807) is 11.3 Å². The van der Waals surface area contributed by atoms with Gasteiger partial charge >= 0.3 is 5.97 Å². The smallest absolute Gasteiger partial charge is 0.355 e. The first-order valence-corrected chi connectivity index (χ1v) is 7.23. The van der Waals surface area contributed by atoms with Gasteiger partial charge in [-0.3, -0.25) is 4.79 Å². The number of nitrogens with zero attached hydrogens (tertiary/aromatic N) is 1. The summed E-state index contributed by atoms with van der Waals surface area (Å²) in [7, 11) is 0. The van der Waals surface area contributed by atoms with Gasteiger partial charge in [0, 0.05) is 15.1 Å². The third kappa shape index (κ3) is 3.18. The molecule has 0 spiro atoms. The Labute approximate surface area is 117 Å². The van der Waals surface area contributed by atoms with Crippen molar-refractivity contribution in [1.82, 2.24) is 10.3 Å². The van der Waals surface area contributed by atoms with Crippen LogP contribution in [0, 0.1) is 6.92 Å². The van der Waals surface area contributed by atoms with Crippen molar-refractivity contribution in [3.63, 3.8) is 0 Å². The van der Waals surface area contributed by atoms with Crippen molar-refractivity contribution in [1.29, 1.82) is 0 Å². The second-order valence-electron chi connectivity index (χ2n) is 3.99. The van der Waals surface area contributed by atoms with E-state index in [2.05, 4.69) is 10.3 Å². The summed E-state index contributed by atoms with van der Waals surface area (Å²) in [6.45, 7) is 3.89. The van der Waals surface area contributed by atoms with E-state index in [-0.39, 0.29) is 22.7 Å². The average Bonchev–Trinajstić information content (AvgIpc) is 2.96. The molecule has 0 aliphatic rings. The maximum absolute atomic E-state index is 11.9. The molecular weight excluding hydrogens is 284 g/mol. The molecule has 7 heteroatoms. The van der Waals surface area contributed by atoms with Gasteiger partial charge in [0.1, 0.15) is 0 Å². The summed E-state index contributed by atoms with van der Waals surface area (Å²) in [5.41, 5.74) is -0.102. The van der Waals surface area contributed by atoms with E-state index in [0.29, 0.717) is 0 Å². The van der Waals surface area contributed by atoms with Gasteiger partial charge in [-0.2, -0.15) is 0 Å². The standard InChI is InChI=1S/C12H12N2O3S2/c1-6-3-4-9(19-6)7(2)13-10(15)11-14-8(5-18-11)12(16)17/h3-5,7H,1-2H3,(H,13,15)(H,16,17). The molecule has 5 nitrogen and oxygen atoms in total. The Hall–Kier alpha value is -1.73. The largest absolute Gasteiger partial charge is 0.476 e. The lowest BCUT2D eigenvalue weighted by Crippen LogP contribution is -2.26. The summed E-state index contributed by atoms with van der Waals surface area (Å²) in [6.07, 6.45) is 0. The number of rotatable bonds is 4. The molecular formula is C12H12N2O3S2. The highest BCUT2D eigenvalue weighted by Gasteiger charge is 2.17. The fourth-order valence-corrected chi connectivity index (χ4v) is 3.07. The van der Waals surface area contributed by atoms with Crippen molar-refractivity contribution in [3.05, 3.63) is 38.0 Å². The van der Waals surface area contributed by atoms with Crippen molar-refractivity contribution in [3.8, 4) is 0 Å². The van der Waals surface area contributed by atoms with Gasteiger partial charge in [0.05, 0.1) is 6.04 Å². The molecule has 1 unspecified atom stereocenters. The normalized spacial score (nSPS) is 12.1. The first-order valence-electron chi connectivity index (χ1n) is 5.53. The summed E-state index contributed by atoms with van der Waals surface area (Å²) in [6, 6.07) is 3.84. The molecule has 2 N–H and O–H groups in total. The molecule has 2 aromatic heterocycles. The van der Waals surface area contributed by atoms with E-state index < -0.39 is 5.97 Å². The number of aromatic nitrogens is 1. The molecule has 0 fully saturated rings. The highest BCUT2D eigenvalue weighted by atomic mass is 32.1. The maximum Gasteiger partial charge on any atom is 0.355 e. The van der Waals surface area contributed by atoms with Crippen LogP contribution in [-0.2, 0) is 0 Å². The molecule has 1 atom stereocenters. The van der Waals surface area contributed by atoms with Gasteiger partial charge in [-0.25, -0.2) is 9.78 Å². The monoisotopic (exact) mass is 296 g/mol. The van der Waals surface area contributed by atoms with Crippen LogP contribution < -0.4 is 5.32 Å². The molecule has 0 aromatic carbocycles. The zero-order chi connectivity index (χ0) is 14.0. The lowest BCUT2D eigenvalue weighted by Gasteiger charge is -2.10. The Morgan fingerprint density at radius 1 is 1.42 bits per heavy atom. The number of carboxylic acid groups (broad SMARTS) is 1. The minimum absolute atomic E-state index is 0.102. The third-order valence-electron chi connectivity index (χ3n) is 2.45. The molecule has 0 saturated heterocycles. The highest BCUT2D eigenvalue weighted by Crippen LogP contribution is 2.22. The minimum Gasteiger partial charge on any atom is -0.476 e. The molecule has 0 bridgehead atoms. The second kappa shape index (κ2) is 5.50.